The minimum atomic E-state index is -0.678. The lowest BCUT2D eigenvalue weighted by Crippen LogP contribution is -2.25. The highest BCUT2D eigenvalue weighted by Gasteiger charge is 2.26. The fourth-order valence-electron chi connectivity index (χ4n) is 2.30. The second-order valence-corrected chi connectivity index (χ2v) is 3.97. The molecule has 0 spiro atoms. The molecule has 0 radical (unpaired) electrons. The van der Waals surface area contributed by atoms with Gasteiger partial charge in [0.2, 0.25) is 0 Å². The van der Waals surface area contributed by atoms with Gasteiger partial charge in [-0.15, -0.1) is 0 Å². The van der Waals surface area contributed by atoms with E-state index in [2.05, 4.69) is 11.9 Å². The molecule has 2 atom stereocenters. The molecule has 0 N–H and O–H groups in total. The van der Waals surface area contributed by atoms with E-state index < -0.39 is 6.17 Å². The Bertz CT molecular complexity index is 295. The van der Waals surface area contributed by atoms with Gasteiger partial charge in [0.15, 0.2) is 0 Å². The molecule has 1 saturated carbocycles. The molecule has 1 heterocycles. The molecule has 0 bridgehead atoms. The van der Waals surface area contributed by atoms with Crippen molar-refractivity contribution in [3.8, 4) is 0 Å². The Kier molecular flexibility index (Phi) is 2.85. The summed E-state index contributed by atoms with van der Waals surface area (Å²) in [6, 6.07) is 0.0428. The lowest BCUT2D eigenvalue weighted by Gasteiger charge is -2.28. The Balaban J connectivity index is 2.20. The molecule has 0 aromatic carbocycles. The zero-order valence-electron chi connectivity index (χ0n) is 8.62. The van der Waals surface area contributed by atoms with Crippen LogP contribution in [0.15, 0.2) is 12.4 Å². The van der Waals surface area contributed by atoms with Crippen LogP contribution in [0.4, 0.5) is 4.39 Å². The van der Waals surface area contributed by atoms with Crippen LogP contribution in [0.5, 0.6) is 0 Å². The standard InChI is InChI=1S/C11H17FN2/c1-2-11-13-7-8-14(11)10-6-4-3-5-9(10)12/h7-10H,2-6H2,1H3/t9-,10-/m1/s1. The summed E-state index contributed by atoms with van der Waals surface area (Å²) in [5.74, 6) is 1.01. The molecule has 1 fully saturated rings. The van der Waals surface area contributed by atoms with Crippen LogP contribution in [0.3, 0.4) is 0 Å². The van der Waals surface area contributed by atoms with Crippen molar-refractivity contribution in [3.63, 3.8) is 0 Å². The second kappa shape index (κ2) is 4.11. The predicted molar refractivity (Wildman–Crippen MR) is 54.0 cm³/mol. The smallest absolute Gasteiger partial charge is 0.121 e. The van der Waals surface area contributed by atoms with Gasteiger partial charge >= 0.3 is 0 Å². The first-order valence-corrected chi connectivity index (χ1v) is 5.48. The third-order valence-corrected chi connectivity index (χ3v) is 3.07. The highest BCUT2D eigenvalue weighted by Crippen LogP contribution is 2.31. The Hall–Kier alpha value is -0.860. The van der Waals surface area contributed by atoms with Gasteiger partial charge in [-0.3, -0.25) is 0 Å². The van der Waals surface area contributed by atoms with E-state index in [0.717, 1.165) is 31.5 Å². The van der Waals surface area contributed by atoms with Crippen molar-refractivity contribution in [1.29, 1.82) is 0 Å². The maximum atomic E-state index is 13.7. The summed E-state index contributed by atoms with van der Waals surface area (Å²) in [6.45, 7) is 2.06. The van der Waals surface area contributed by atoms with Gasteiger partial charge in [-0.05, 0) is 12.8 Å². The van der Waals surface area contributed by atoms with Crippen molar-refractivity contribution in [1.82, 2.24) is 9.55 Å². The zero-order chi connectivity index (χ0) is 9.97. The molecule has 1 aromatic rings. The van der Waals surface area contributed by atoms with Crippen LogP contribution in [0.1, 0.15) is 44.5 Å². The highest BCUT2D eigenvalue weighted by molar-refractivity contribution is 4.97. The van der Waals surface area contributed by atoms with Gasteiger partial charge in [0.1, 0.15) is 12.0 Å². The maximum Gasteiger partial charge on any atom is 0.121 e. The minimum absolute atomic E-state index is 0.0428. The van der Waals surface area contributed by atoms with Crippen molar-refractivity contribution < 1.29 is 4.39 Å². The number of alkyl halides is 1. The number of rotatable bonds is 2. The number of halogens is 1. The van der Waals surface area contributed by atoms with Gasteiger partial charge in [0.25, 0.3) is 0 Å². The normalized spacial score (nSPS) is 27.9. The number of hydrogen-bond acceptors (Lipinski definition) is 1. The molecule has 1 aromatic heterocycles. The predicted octanol–water partition coefficient (Wildman–Crippen LogP) is 2.90. The molecular formula is C11H17FN2. The van der Waals surface area contributed by atoms with E-state index in [1.54, 1.807) is 6.20 Å². The monoisotopic (exact) mass is 196 g/mol. The Labute approximate surface area is 84.1 Å². The van der Waals surface area contributed by atoms with Gasteiger partial charge in [0, 0.05) is 18.8 Å². The van der Waals surface area contributed by atoms with Crippen LogP contribution >= 0.6 is 0 Å². The van der Waals surface area contributed by atoms with Crippen LogP contribution < -0.4 is 0 Å². The number of aryl methyl sites for hydroxylation is 1. The number of nitrogens with zero attached hydrogens (tertiary/aromatic N) is 2. The SMILES string of the molecule is CCc1nccn1[C@@H]1CCCC[C@H]1F. The summed E-state index contributed by atoms with van der Waals surface area (Å²) >= 11 is 0. The first-order valence-electron chi connectivity index (χ1n) is 5.48. The van der Waals surface area contributed by atoms with Crippen LogP contribution in [-0.4, -0.2) is 15.7 Å². The lowest BCUT2D eigenvalue weighted by molar-refractivity contribution is 0.167. The van der Waals surface area contributed by atoms with Gasteiger partial charge in [-0.2, -0.15) is 0 Å². The summed E-state index contributed by atoms with van der Waals surface area (Å²) in [5.41, 5.74) is 0. The molecular weight excluding hydrogens is 179 g/mol. The first kappa shape index (κ1) is 9.69. The largest absolute Gasteiger partial charge is 0.329 e. The maximum absolute atomic E-state index is 13.7. The fraction of sp³-hybridized carbons (Fsp3) is 0.727. The van der Waals surface area contributed by atoms with E-state index in [-0.39, 0.29) is 6.04 Å². The van der Waals surface area contributed by atoms with E-state index in [9.17, 15) is 4.39 Å². The lowest BCUT2D eigenvalue weighted by atomic mass is 9.93. The van der Waals surface area contributed by atoms with Crippen molar-refractivity contribution in [2.75, 3.05) is 0 Å². The molecule has 3 heteroatoms. The van der Waals surface area contributed by atoms with Gasteiger partial charge in [0.05, 0.1) is 6.04 Å². The van der Waals surface area contributed by atoms with Crippen molar-refractivity contribution >= 4 is 0 Å². The average Bonchev–Trinajstić information content (AvgIpc) is 2.66. The molecule has 0 unspecified atom stereocenters. The van der Waals surface area contributed by atoms with Gasteiger partial charge in [-0.25, -0.2) is 9.37 Å². The number of hydrogen-bond donors (Lipinski definition) is 0. The van der Waals surface area contributed by atoms with E-state index in [4.69, 9.17) is 0 Å². The molecule has 0 saturated heterocycles. The molecule has 0 aliphatic heterocycles. The molecule has 1 aliphatic rings. The van der Waals surface area contributed by atoms with Crippen molar-refractivity contribution in [2.24, 2.45) is 0 Å². The highest BCUT2D eigenvalue weighted by atomic mass is 19.1. The van der Waals surface area contributed by atoms with Crippen LogP contribution in [-0.2, 0) is 6.42 Å². The summed E-state index contributed by atoms with van der Waals surface area (Å²) < 4.78 is 15.7. The van der Waals surface area contributed by atoms with Crippen LogP contribution in [0.2, 0.25) is 0 Å². The molecule has 0 amide bonds. The molecule has 2 rings (SSSR count). The molecule has 14 heavy (non-hydrogen) atoms. The zero-order valence-corrected chi connectivity index (χ0v) is 8.62. The van der Waals surface area contributed by atoms with E-state index in [1.807, 2.05) is 10.8 Å². The van der Waals surface area contributed by atoms with Crippen LogP contribution in [0.25, 0.3) is 0 Å². The van der Waals surface area contributed by atoms with E-state index in [1.165, 1.54) is 0 Å². The molecule has 78 valence electrons. The number of aromatic nitrogens is 2. The summed E-state index contributed by atoms with van der Waals surface area (Å²) in [5, 5.41) is 0. The fourth-order valence-corrected chi connectivity index (χ4v) is 2.30. The topological polar surface area (TPSA) is 17.8 Å². The average molecular weight is 196 g/mol. The number of imidazole rings is 1. The van der Waals surface area contributed by atoms with Gasteiger partial charge in [-0.1, -0.05) is 19.8 Å². The Morgan fingerprint density at radius 1 is 1.50 bits per heavy atom. The van der Waals surface area contributed by atoms with Gasteiger partial charge < -0.3 is 4.57 Å². The van der Waals surface area contributed by atoms with E-state index in [0.29, 0.717) is 6.42 Å². The minimum Gasteiger partial charge on any atom is -0.329 e. The Morgan fingerprint density at radius 3 is 3.00 bits per heavy atom. The van der Waals surface area contributed by atoms with Crippen molar-refractivity contribution in [3.05, 3.63) is 18.2 Å². The molecule has 1 aliphatic carbocycles. The second-order valence-electron chi connectivity index (χ2n) is 3.97. The van der Waals surface area contributed by atoms with Crippen molar-refractivity contribution in [2.45, 2.75) is 51.2 Å². The third-order valence-electron chi connectivity index (χ3n) is 3.07. The first-order chi connectivity index (χ1) is 6.83. The summed E-state index contributed by atoms with van der Waals surface area (Å²) in [7, 11) is 0. The quantitative estimate of drug-likeness (QED) is 0.711. The Morgan fingerprint density at radius 2 is 2.29 bits per heavy atom. The summed E-state index contributed by atoms with van der Waals surface area (Å²) in [4.78, 5) is 4.24. The van der Waals surface area contributed by atoms with E-state index >= 15 is 0 Å². The third kappa shape index (κ3) is 1.68. The van der Waals surface area contributed by atoms with Crippen LogP contribution in [0, 0.1) is 0 Å². The molecule has 2 nitrogen and oxygen atoms in total. The summed E-state index contributed by atoms with van der Waals surface area (Å²) in [6.07, 6.45) is 7.76.